The molecular formula is C18H22F3NO3. The van der Waals surface area contributed by atoms with Crippen molar-refractivity contribution in [2.45, 2.75) is 51.2 Å². The van der Waals surface area contributed by atoms with Gasteiger partial charge in [0, 0.05) is 19.0 Å². The number of carbonyl (C=O) groups is 2. The zero-order valence-electron chi connectivity index (χ0n) is 14.1. The highest BCUT2D eigenvalue weighted by Crippen LogP contribution is 2.30. The van der Waals surface area contributed by atoms with Crippen LogP contribution in [0.2, 0.25) is 0 Å². The lowest BCUT2D eigenvalue weighted by Crippen LogP contribution is -2.49. The number of aryl methyl sites for hydroxylation is 1. The molecule has 1 aliphatic rings. The van der Waals surface area contributed by atoms with Crippen molar-refractivity contribution in [2.75, 3.05) is 6.54 Å². The van der Waals surface area contributed by atoms with E-state index < -0.39 is 23.6 Å². The zero-order valence-corrected chi connectivity index (χ0v) is 14.1. The minimum atomic E-state index is -4.37. The van der Waals surface area contributed by atoms with Gasteiger partial charge in [-0.3, -0.25) is 9.59 Å². The third kappa shape index (κ3) is 4.96. The molecule has 1 aromatic rings. The Bertz CT molecular complexity index is 630. The van der Waals surface area contributed by atoms with E-state index in [0.717, 1.165) is 12.1 Å². The number of nitrogens with zero attached hydrogens (tertiary/aromatic N) is 1. The summed E-state index contributed by atoms with van der Waals surface area (Å²) >= 11 is 0. The average molecular weight is 357 g/mol. The molecule has 1 heterocycles. The van der Waals surface area contributed by atoms with Gasteiger partial charge in [-0.05, 0) is 44.2 Å². The SMILES string of the molecule is C[C@@H]1[C@H](C(=O)O)CCCN1C(=O)CCCc1cccc(C(F)(F)F)c1. The van der Waals surface area contributed by atoms with Crippen molar-refractivity contribution in [3.63, 3.8) is 0 Å². The van der Waals surface area contributed by atoms with Crippen molar-refractivity contribution in [3.8, 4) is 0 Å². The topological polar surface area (TPSA) is 57.6 Å². The lowest BCUT2D eigenvalue weighted by atomic mass is 9.90. The van der Waals surface area contributed by atoms with Crippen LogP contribution in [0.3, 0.4) is 0 Å². The van der Waals surface area contributed by atoms with Crippen molar-refractivity contribution in [1.29, 1.82) is 0 Å². The molecule has 0 unspecified atom stereocenters. The molecule has 0 spiro atoms. The molecule has 138 valence electrons. The molecule has 2 atom stereocenters. The zero-order chi connectivity index (χ0) is 18.6. The van der Waals surface area contributed by atoms with Gasteiger partial charge in [-0.25, -0.2) is 0 Å². The fourth-order valence-electron chi connectivity index (χ4n) is 3.32. The summed E-state index contributed by atoms with van der Waals surface area (Å²) < 4.78 is 38.1. The second-order valence-electron chi connectivity index (χ2n) is 6.47. The molecule has 25 heavy (non-hydrogen) atoms. The number of aliphatic carboxylic acids is 1. The first-order chi connectivity index (χ1) is 11.7. The Morgan fingerprint density at radius 3 is 2.68 bits per heavy atom. The van der Waals surface area contributed by atoms with Crippen molar-refractivity contribution in [3.05, 3.63) is 35.4 Å². The molecule has 0 bridgehead atoms. The molecule has 7 heteroatoms. The summed E-state index contributed by atoms with van der Waals surface area (Å²) in [6, 6.07) is 4.76. The van der Waals surface area contributed by atoms with E-state index in [1.807, 2.05) is 0 Å². The van der Waals surface area contributed by atoms with Crippen LogP contribution in [0.25, 0.3) is 0 Å². The number of alkyl halides is 3. The number of rotatable bonds is 5. The van der Waals surface area contributed by atoms with Crippen LogP contribution in [0.5, 0.6) is 0 Å². The third-order valence-corrected chi connectivity index (χ3v) is 4.74. The van der Waals surface area contributed by atoms with Gasteiger partial charge >= 0.3 is 12.1 Å². The molecule has 1 N–H and O–H groups in total. The van der Waals surface area contributed by atoms with Gasteiger partial charge in [0.1, 0.15) is 0 Å². The fraction of sp³-hybridized carbons (Fsp3) is 0.556. The molecule has 1 saturated heterocycles. The quantitative estimate of drug-likeness (QED) is 0.873. The van der Waals surface area contributed by atoms with E-state index in [0.29, 0.717) is 37.8 Å². The third-order valence-electron chi connectivity index (χ3n) is 4.74. The first-order valence-corrected chi connectivity index (χ1v) is 8.38. The molecule has 2 rings (SSSR count). The maximum Gasteiger partial charge on any atom is 0.416 e. The predicted octanol–water partition coefficient (Wildman–Crippen LogP) is 3.74. The number of benzene rings is 1. The molecule has 0 aliphatic carbocycles. The van der Waals surface area contributed by atoms with Gasteiger partial charge in [-0.1, -0.05) is 18.2 Å². The Labute approximate surface area is 144 Å². The Hall–Kier alpha value is -2.05. The van der Waals surface area contributed by atoms with Crippen LogP contribution < -0.4 is 0 Å². The number of carboxylic acids is 1. The summed E-state index contributed by atoms with van der Waals surface area (Å²) in [5.74, 6) is -1.58. The van der Waals surface area contributed by atoms with Gasteiger partial charge < -0.3 is 10.0 Å². The Kier molecular flexibility index (Phi) is 6.08. The average Bonchev–Trinajstić information content (AvgIpc) is 2.54. The largest absolute Gasteiger partial charge is 0.481 e. The van der Waals surface area contributed by atoms with Crippen LogP contribution >= 0.6 is 0 Å². The van der Waals surface area contributed by atoms with Gasteiger partial charge in [0.25, 0.3) is 0 Å². The van der Waals surface area contributed by atoms with E-state index >= 15 is 0 Å². The van der Waals surface area contributed by atoms with Crippen molar-refractivity contribution >= 4 is 11.9 Å². The predicted molar refractivity (Wildman–Crippen MR) is 85.9 cm³/mol. The van der Waals surface area contributed by atoms with E-state index in [9.17, 15) is 27.9 Å². The lowest BCUT2D eigenvalue weighted by Gasteiger charge is -2.37. The summed E-state index contributed by atoms with van der Waals surface area (Å²) in [6.45, 7) is 2.27. The normalized spacial score (nSPS) is 21.2. The first kappa shape index (κ1) is 19.3. The van der Waals surface area contributed by atoms with Crippen LogP contribution in [0.1, 0.15) is 43.7 Å². The summed E-state index contributed by atoms with van der Waals surface area (Å²) in [7, 11) is 0. The second-order valence-corrected chi connectivity index (χ2v) is 6.47. The number of hydrogen-bond donors (Lipinski definition) is 1. The molecule has 1 amide bonds. The summed E-state index contributed by atoms with van der Waals surface area (Å²) in [5, 5.41) is 9.19. The van der Waals surface area contributed by atoms with Gasteiger partial charge in [0.15, 0.2) is 0 Å². The smallest absolute Gasteiger partial charge is 0.416 e. The highest BCUT2D eigenvalue weighted by Gasteiger charge is 2.35. The highest BCUT2D eigenvalue weighted by molar-refractivity contribution is 5.78. The minimum absolute atomic E-state index is 0.134. The second kappa shape index (κ2) is 7.89. The maximum absolute atomic E-state index is 12.7. The first-order valence-electron chi connectivity index (χ1n) is 8.38. The van der Waals surface area contributed by atoms with Crippen molar-refractivity contribution in [2.24, 2.45) is 5.92 Å². The van der Waals surface area contributed by atoms with Crippen LogP contribution in [-0.4, -0.2) is 34.5 Å². The molecule has 4 nitrogen and oxygen atoms in total. The minimum Gasteiger partial charge on any atom is -0.481 e. The Balaban J connectivity index is 1.89. The lowest BCUT2D eigenvalue weighted by molar-refractivity contribution is -0.149. The molecule has 0 aromatic heterocycles. The number of carboxylic acid groups (broad SMARTS) is 1. The van der Waals surface area contributed by atoms with E-state index in [1.54, 1.807) is 17.9 Å². The number of likely N-dealkylation sites (tertiary alicyclic amines) is 1. The van der Waals surface area contributed by atoms with Gasteiger partial charge in [0.2, 0.25) is 5.91 Å². The monoisotopic (exact) mass is 357 g/mol. The highest BCUT2D eigenvalue weighted by atomic mass is 19.4. The maximum atomic E-state index is 12.7. The van der Waals surface area contributed by atoms with Crippen LogP contribution in [0, 0.1) is 5.92 Å². The van der Waals surface area contributed by atoms with Gasteiger partial charge in [-0.15, -0.1) is 0 Å². The van der Waals surface area contributed by atoms with E-state index in [2.05, 4.69) is 0 Å². The van der Waals surface area contributed by atoms with E-state index in [-0.39, 0.29) is 18.4 Å². The number of carbonyl (C=O) groups excluding carboxylic acids is 1. The molecular weight excluding hydrogens is 335 g/mol. The molecule has 0 radical (unpaired) electrons. The standard InChI is InChI=1S/C18H22F3NO3/c1-12-15(17(24)25)8-4-10-22(12)16(23)9-3-6-13-5-2-7-14(11-13)18(19,20)21/h2,5,7,11-12,15H,3-4,6,8-10H2,1H3,(H,24,25)/t12-,15-/m1/s1. The van der Waals surface area contributed by atoms with Crippen LogP contribution in [0.4, 0.5) is 13.2 Å². The van der Waals surface area contributed by atoms with E-state index in [1.165, 1.54) is 6.07 Å². The molecule has 1 aliphatic heterocycles. The Morgan fingerprint density at radius 2 is 2.04 bits per heavy atom. The van der Waals surface area contributed by atoms with Crippen LogP contribution in [-0.2, 0) is 22.2 Å². The number of halogens is 3. The molecule has 1 fully saturated rings. The van der Waals surface area contributed by atoms with Crippen molar-refractivity contribution < 1.29 is 27.9 Å². The fourth-order valence-corrected chi connectivity index (χ4v) is 3.32. The summed E-state index contributed by atoms with van der Waals surface area (Å²) in [6.07, 6.45) is -2.15. The number of amides is 1. The number of piperidine rings is 1. The summed E-state index contributed by atoms with van der Waals surface area (Å²) in [5.41, 5.74) is -0.150. The summed E-state index contributed by atoms with van der Waals surface area (Å²) in [4.78, 5) is 25.2. The van der Waals surface area contributed by atoms with E-state index in [4.69, 9.17) is 0 Å². The Morgan fingerprint density at radius 1 is 1.32 bits per heavy atom. The van der Waals surface area contributed by atoms with Gasteiger partial charge in [0.05, 0.1) is 11.5 Å². The van der Waals surface area contributed by atoms with Crippen molar-refractivity contribution in [1.82, 2.24) is 4.90 Å². The molecule has 1 aromatic carbocycles. The number of hydrogen-bond acceptors (Lipinski definition) is 2. The van der Waals surface area contributed by atoms with Gasteiger partial charge in [-0.2, -0.15) is 13.2 Å². The molecule has 0 saturated carbocycles. The van der Waals surface area contributed by atoms with Crippen LogP contribution in [0.15, 0.2) is 24.3 Å².